The van der Waals surface area contributed by atoms with Crippen molar-refractivity contribution < 1.29 is 22.7 Å². The summed E-state index contributed by atoms with van der Waals surface area (Å²) in [7, 11) is 0. The van der Waals surface area contributed by atoms with E-state index in [9.17, 15) is 18.0 Å². The maximum Gasteiger partial charge on any atom is 0.411 e. The molecule has 0 radical (unpaired) electrons. The molecule has 0 saturated carbocycles. The number of alkyl halides is 3. The Morgan fingerprint density at radius 2 is 1.47 bits per heavy atom. The van der Waals surface area contributed by atoms with Gasteiger partial charge in [-0.25, -0.2) is 4.79 Å². The first-order valence-corrected chi connectivity index (χ1v) is 4.43. The number of hydrogen-bond donors (Lipinski definition) is 1. The molecule has 1 N–H and O–H groups in total. The van der Waals surface area contributed by atoms with Crippen molar-refractivity contribution in [1.82, 2.24) is 5.32 Å². The highest BCUT2D eigenvalue weighted by Crippen LogP contribution is 2.29. The second kappa shape index (κ2) is 3.90. The minimum Gasteiger partial charge on any atom is -0.444 e. The topological polar surface area (TPSA) is 38.3 Å². The molecular weight excluding hydrogens is 211 g/mol. The van der Waals surface area contributed by atoms with Gasteiger partial charge in [0.1, 0.15) is 11.1 Å². The summed E-state index contributed by atoms with van der Waals surface area (Å²) in [6.45, 7) is 6.47. The van der Waals surface area contributed by atoms with E-state index in [2.05, 4.69) is 0 Å². The number of ether oxygens (including phenoxy) is 1. The highest BCUT2D eigenvalue weighted by Gasteiger charge is 2.49. The largest absolute Gasteiger partial charge is 0.444 e. The molecule has 90 valence electrons. The van der Waals surface area contributed by atoms with Gasteiger partial charge in [-0.15, -0.1) is 0 Å². The fraction of sp³-hybridized carbons (Fsp3) is 0.889. The van der Waals surface area contributed by atoms with Crippen molar-refractivity contribution in [3.05, 3.63) is 0 Å². The third kappa shape index (κ3) is 4.90. The Morgan fingerprint density at radius 3 is 1.73 bits per heavy atom. The lowest BCUT2D eigenvalue weighted by molar-refractivity contribution is -0.184. The molecule has 0 aliphatic heterocycles. The fourth-order valence-electron chi connectivity index (χ4n) is 0.630. The fourth-order valence-corrected chi connectivity index (χ4v) is 0.630. The van der Waals surface area contributed by atoms with Gasteiger partial charge in [-0.2, -0.15) is 13.2 Å². The zero-order valence-corrected chi connectivity index (χ0v) is 9.45. The van der Waals surface area contributed by atoms with E-state index in [1.807, 2.05) is 0 Å². The highest BCUT2D eigenvalue weighted by molar-refractivity contribution is 5.68. The molecule has 0 bridgehead atoms. The molecule has 0 saturated heterocycles. The molecule has 1 amide bonds. The summed E-state index contributed by atoms with van der Waals surface area (Å²) in [6.07, 6.45) is -5.59. The minimum atomic E-state index is -4.51. The number of nitrogens with one attached hydrogen (secondary N) is 1. The van der Waals surface area contributed by atoms with Crippen LogP contribution >= 0.6 is 0 Å². The third-order valence-electron chi connectivity index (χ3n) is 1.52. The molecule has 6 heteroatoms. The van der Waals surface area contributed by atoms with Gasteiger partial charge in [-0.3, -0.25) is 0 Å². The lowest BCUT2D eigenvalue weighted by Crippen LogP contribution is -2.55. The molecule has 0 rings (SSSR count). The summed E-state index contributed by atoms with van der Waals surface area (Å²) in [5.74, 6) is 0. The average molecular weight is 227 g/mol. The van der Waals surface area contributed by atoms with Crippen LogP contribution in [0.2, 0.25) is 0 Å². The van der Waals surface area contributed by atoms with Gasteiger partial charge in [0.25, 0.3) is 0 Å². The van der Waals surface area contributed by atoms with Crippen molar-refractivity contribution in [1.29, 1.82) is 0 Å². The number of alkyl carbamates (subject to hydrolysis) is 1. The molecule has 0 aromatic heterocycles. The molecule has 0 aliphatic carbocycles. The van der Waals surface area contributed by atoms with Crippen LogP contribution in [0.5, 0.6) is 0 Å². The van der Waals surface area contributed by atoms with Crippen LogP contribution in [0, 0.1) is 0 Å². The quantitative estimate of drug-likeness (QED) is 0.748. The Morgan fingerprint density at radius 1 is 1.07 bits per heavy atom. The maximum atomic E-state index is 12.4. The first kappa shape index (κ1) is 14.1. The average Bonchev–Trinajstić information content (AvgIpc) is 1.75. The van der Waals surface area contributed by atoms with E-state index < -0.39 is 23.4 Å². The van der Waals surface area contributed by atoms with Gasteiger partial charge in [0.2, 0.25) is 0 Å². The van der Waals surface area contributed by atoms with E-state index in [1.165, 1.54) is 0 Å². The lowest BCUT2D eigenvalue weighted by Gasteiger charge is -2.30. The molecule has 15 heavy (non-hydrogen) atoms. The molecule has 0 unspecified atom stereocenters. The zero-order valence-electron chi connectivity index (χ0n) is 9.45. The van der Waals surface area contributed by atoms with Crippen LogP contribution in [-0.2, 0) is 4.74 Å². The van der Waals surface area contributed by atoms with Crippen LogP contribution < -0.4 is 5.32 Å². The summed E-state index contributed by atoms with van der Waals surface area (Å²) < 4.78 is 41.8. The highest BCUT2D eigenvalue weighted by atomic mass is 19.4. The van der Waals surface area contributed by atoms with Gasteiger partial charge in [0.15, 0.2) is 0 Å². The van der Waals surface area contributed by atoms with Crippen LogP contribution in [0.4, 0.5) is 18.0 Å². The normalized spacial score (nSPS) is 13.6. The van der Waals surface area contributed by atoms with Crippen LogP contribution in [0.1, 0.15) is 34.6 Å². The SMILES string of the molecule is CC(C)(C)OC(=O)NC(C)(C)C(F)(F)F. The monoisotopic (exact) mass is 227 g/mol. The van der Waals surface area contributed by atoms with E-state index in [0.717, 1.165) is 13.8 Å². The molecule has 0 aromatic rings. The summed E-state index contributed by atoms with van der Waals surface area (Å²) in [5, 5.41) is 1.77. The minimum absolute atomic E-state index is 0.814. The van der Waals surface area contributed by atoms with Gasteiger partial charge in [-0.1, -0.05) is 0 Å². The molecule has 0 spiro atoms. The Kier molecular flexibility index (Phi) is 3.66. The van der Waals surface area contributed by atoms with E-state index in [0.29, 0.717) is 0 Å². The van der Waals surface area contributed by atoms with Crippen molar-refractivity contribution in [2.75, 3.05) is 0 Å². The summed E-state index contributed by atoms with van der Waals surface area (Å²) >= 11 is 0. The second-order valence-corrected chi connectivity index (χ2v) is 4.75. The van der Waals surface area contributed by atoms with Gasteiger partial charge in [0.05, 0.1) is 0 Å². The van der Waals surface area contributed by atoms with E-state index in [-0.39, 0.29) is 0 Å². The second-order valence-electron chi connectivity index (χ2n) is 4.75. The van der Waals surface area contributed by atoms with Crippen molar-refractivity contribution >= 4 is 6.09 Å². The maximum absolute atomic E-state index is 12.4. The van der Waals surface area contributed by atoms with Crippen molar-refractivity contribution in [2.24, 2.45) is 0 Å². The van der Waals surface area contributed by atoms with E-state index >= 15 is 0 Å². The van der Waals surface area contributed by atoms with Gasteiger partial charge >= 0.3 is 12.3 Å². The molecule has 0 aromatic carbocycles. The van der Waals surface area contributed by atoms with Crippen molar-refractivity contribution in [3.63, 3.8) is 0 Å². The number of amides is 1. The first-order valence-electron chi connectivity index (χ1n) is 4.43. The predicted molar refractivity (Wildman–Crippen MR) is 49.5 cm³/mol. The van der Waals surface area contributed by atoms with Crippen LogP contribution in [0.3, 0.4) is 0 Å². The molecule has 0 fully saturated rings. The summed E-state index contributed by atoms with van der Waals surface area (Å²) in [4.78, 5) is 11.1. The molecule has 0 aliphatic rings. The Hall–Kier alpha value is -0.940. The molecular formula is C9H16F3NO2. The van der Waals surface area contributed by atoms with Crippen LogP contribution in [0.15, 0.2) is 0 Å². The number of halogens is 3. The van der Waals surface area contributed by atoms with Gasteiger partial charge < -0.3 is 10.1 Å². The smallest absolute Gasteiger partial charge is 0.411 e. The standard InChI is InChI=1S/C9H16F3NO2/c1-7(2,3)15-6(14)13-8(4,5)9(10,11)12/h1-5H3,(H,13,14). The summed E-state index contributed by atoms with van der Waals surface area (Å²) in [5.41, 5.74) is -3.11. The van der Waals surface area contributed by atoms with E-state index in [4.69, 9.17) is 4.74 Å². The predicted octanol–water partition coefficient (Wildman–Crippen LogP) is 2.85. The van der Waals surface area contributed by atoms with Crippen LogP contribution in [-0.4, -0.2) is 23.4 Å². The first-order chi connectivity index (χ1) is 6.35. The number of carbonyl (C=O) groups excluding carboxylic acids is 1. The molecule has 0 atom stereocenters. The van der Waals surface area contributed by atoms with Crippen molar-refractivity contribution in [2.45, 2.75) is 51.9 Å². The van der Waals surface area contributed by atoms with Crippen LogP contribution in [0.25, 0.3) is 0 Å². The van der Waals surface area contributed by atoms with Crippen molar-refractivity contribution in [3.8, 4) is 0 Å². The Balaban J connectivity index is 4.43. The number of rotatable bonds is 1. The van der Waals surface area contributed by atoms with Gasteiger partial charge in [0, 0.05) is 0 Å². The van der Waals surface area contributed by atoms with E-state index in [1.54, 1.807) is 26.1 Å². The summed E-state index contributed by atoms with van der Waals surface area (Å²) in [6, 6.07) is 0. The van der Waals surface area contributed by atoms with Gasteiger partial charge in [-0.05, 0) is 34.6 Å². The number of carbonyl (C=O) groups is 1. The lowest BCUT2D eigenvalue weighted by atomic mass is 10.1. The Bertz CT molecular complexity index is 241. The number of hydrogen-bond acceptors (Lipinski definition) is 2. The molecule has 3 nitrogen and oxygen atoms in total. The zero-order chi connectivity index (χ0) is 12.5. The molecule has 0 heterocycles. The Labute approximate surface area is 87.0 Å². The third-order valence-corrected chi connectivity index (χ3v) is 1.52.